The minimum atomic E-state index is -3.85. The Labute approximate surface area is 148 Å². The first kappa shape index (κ1) is 18.7. The van der Waals surface area contributed by atoms with E-state index < -0.39 is 21.8 Å². The Balaban J connectivity index is 2.07. The Bertz CT molecular complexity index is 913. The summed E-state index contributed by atoms with van der Waals surface area (Å²) < 4.78 is 27.4. The second-order valence-corrected chi connectivity index (χ2v) is 6.82. The molecule has 0 aliphatic carbocycles. The zero-order valence-electron chi connectivity index (χ0n) is 12.9. The lowest BCUT2D eigenvalue weighted by Gasteiger charge is -2.11. The number of methoxy groups -OCH3 is 1. The van der Waals surface area contributed by atoms with Crippen LogP contribution in [0.25, 0.3) is 0 Å². The van der Waals surface area contributed by atoms with Crippen molar-refractivity contribution in [2.45, 2.75) is 4.90 Å². The van der Waals surface area contributed by atoms with Gasteiger partial charge in [0.05, 0.1) is 17.6 Å². The van der Waals surface area contributed by atoms with Gasteiger partial charge in [0.2, 0.25) is 10.0 Å². The fraction of sp³-hybridized carbons (Fsp3) is 0.0667. The molecular weight excluding hydrogens is 370 g/mol. The minimum absolute atomic E-state index is 0.128. The molecule has 2 aromatic rings. The molecule has 25 heavy (non-hydrogen) atoms. The van der Waals surface area contributed by atoms with E-state index in [1.807, 2.05) is 0 Å². The summed E-state index contributed by atoms with van der Waals surface area (Å²) in [5, 5.41) is 5.31. The van der Waals surface area contributed by atoms with E-state index in [1.54, 1.807) is 6.07 Å². The van der Waals surface area contributed by atoms with Crippen molar-refractivity contribution in [1.82, 2.24) is 10.9 Å². The summed E-state index contributed by atoms with van der Waals surface area (Å²) in [6.45, 7) is 0. The largest absolute Gasteiger partial charge is 0.496 e. The van der Waals surface area contributed by atoms with Crippen LogP contribution in [0.1, 0.15) is 20.7 Å². The van der Waals surface area contributed by atoms with Crippen LogP contribution in [0.5, 0.6) is 5.75 Å². The predicted octanol–water partition coefficient (Wildman–Crippen LogP) is 1.07. The van der Waals surface area contributed by atoms with E-state index in [1.165, 1.54) is 43.5 Å². The number of primary sulfonamides is 1. The molecule has 10 heteroatoms. The Morgan fingerprint density at radius 3 is 2.20 bits per heavy atom. The molecule has 4 N–H and O–H groups in total. The molecule has 0 aliphatic heterocycles. The normalized spacial score (nSPS) is 10.8. The van der Waals surface area contributed by atoms with Crippen LogP contribution in [0.4, 0.5) is 0 Å². The van der Waals surface area contributed by atoms with E-state index in [2.05, 4.69) is 10.9 Å². The maximum Gasteiger partial charge on any atom is 0.273 e. The topological polar surface area (TPSA) is 128 Å². The fourth-order valence-corrected chi connectivity index (χ4v) is 2.59. The van der Waals surface area contributed by atoms with Crippen LogP contribution in [0, 0.1) is 0 Å². The zero-order chi connectivity index (χ0) is 18.6. The molecule has 0 aromatic heterocycles. The molecule has 8 nitrogen and oxygen atoms in total. The number of sulfonamides is 1. The molecule has 0 aliphatic rings. The summed E-state index contributed by atoms with van der Waals surface area (Å²) in [6, 6.07) is 9.37. The number of hydrogen-bond acceptors (Lipinski definition) is 5. The smallest absolute Gasteiger partial charge is 0.273 e. The summed E-state index contributed by atoms with van der Waals surface area (Å²) in [5.41, 5.74) is 4.70. The van der Waals surface area contributed by atoms with Crippen LogP contribution >= 0.6 is 11.6 Å². The average molecular weight is 384 g/mol. The quantitative estimate of drug-likeness (QED) is 0.680. The number of nitrogens with two attached hydrogens (primary N) is 1. The Kier molecular flexibility index (Phi) is 5.62. The van der Waals surface area contributed by atoms with Gasteiger partial charge in [0.1, 0.15) is 5.75 Å². The Hall–Kier alpha value is -2.62. The van der Waals surface area contributed by atoms with Crippen LogP contribution < -0.4 is 20.7 Å². The monoisotopic (exact) mass is 383 g/mol. The van der Waals surface area contributed by atoms with Crippen molar-refractivity contribution >= 4 is 33.4 Å². The summed E-state index contributed by atoms with van der Waals surface area (Å²) in [7, 11) is -2.45. The molecule has 0 atom stereocenters. The highest BCUT2D eigenvalue weighted by atomic mass is 35.5. The highest BCUT2D eigenvalue weighted by Crippen LogP contribution is 2.22. The number of hydrazine groups is 1. The van der Waals surface area contributed by atoms with Gasteiger partial charge >= 0.3 is 0 Å². The second-order valence-electron chi connectivity index (χ2n) is 4.82. The van der Waals surface area contributed by atoms with Crippen molar-refractivity contribution in [3.63, 3.8) is 0 Å². The third-order valence-electron chi connectivity index (χ3n) is 3.14. The molecule has 0 unspecified atom stereocenters. The van der Waals surface area contributed by atoms with E-state index in [0.717, 1.165) is 0 Å². The Morgan fingerprint density at radius 1 is 1.04 bits per heavy atom. The SMILES string of the molecule is COc1ccc(Cl)cc1C(=O)NNC(=O)c1ccc(S(N)(=O)=O)cc1. The van der Waals surface area contributed by atoms with Crippen LogP contribution in [0.2, 0.25) is 5.02 Å². The molecule has 0 heterocycles. The van der Waals surface area contributed by atoms with Gasteiger partial charge in [0, 0.05) is 10.6 Å². The molecule has 0 saturated heterocycles. The summed E-state index contributed by atoms with van der Waals surface area (Å²) in [4.78, 5) is 24.0. The molecule has 132 valence electrons. The van der Waals surface area contributed by atoms with Crippen molar-refractivity contribution in [1.29, 1.82) is 0 Å². The third-order valence-corrected chi connectivity index (χ3v) is 4.31. The number of benzene rings is 2. The molecular formula is C15H14ClN3O5S. The van der Waals surface area contributed by atoms with Crippen LogP contribution in [0.15, 0.2) is 47.4 Å². The molecule has 0 fully saturated rings. The fourth-order valence-electron chi connectivity index (χ4n) is 1.91. The molecule has 0 saturated carbocycles. The van der Waals surface area contributed by atoms with Crippen molar-refractivity contribution in [3.8, 4) is 5.75 Å². The molecule has 0 radical (unpaired) electrons. The van der Waals surface area contributed by atoms with Gasteiger partial charge in [-0.15, -0.1) is 0 Å². The summed E-state index contributed by atoms with van der Waals surface area (Å²) in [5.74, 6) is -0.988. The zero-order valence-corrected chi connectivity index (χ0v) is 14.5. The van der Waals surface area contributed by atoms with Gasteiger partial charge in [-0.2, -0.15) is 0 Å². The van der Waals surface area contributed by atoms with Gasteiger partial charge in [-0.1, -0.05) is 11.6 Å². The molecule has 2 aromatic carbocycles. The van der Waals surface area contributed by atoms with Gasteiger partial charge in [-0.05, 0) is 42.5 Å². The minimum Gasteiger partial charge on any atom is -0.496 e. The van der Waals surface area contributed by atoms with Crippen LogP contribution in [-0.2, 0) is 10.0 Å². The van der Waals surface area contributed by atoms with Gasteiger partial charge in [0.15, 0.2) is 0 Å². The van der Waals surface area contributed by atoms with E-state index in [4.69, 9.17) is 21.5 Å². The number of carbonyl (C=O) groups excluding carboxylic acids is 2. The van der Waals surface area contributed by atoms with Crippen LogP contribution in [0.3, 0.4) is 0 Å². The number of nitrogens with one attached hydrogen (secondary N) is 2. The number of rotatable bonds is 4. The first-order valence-electron chi connectivity index (χ1n) is 6.79. The van der Waals surface area contributed by atoms with Crippen LogP contribution in [-0.4, -0.2) is 27.3 Å². The maximum absolute atomic E-state index is 12.1. The maximum atomic E-state index is 12.1. The van der Waals surface area contributed by atoms with Gasteiger partial charge < -0.3 is 4.74 Å². The number of halogens is 1. The lowest BCUT2D eigenvalue weighted by molar-refractivity contribution is 0.0845. The summed E-state index contributed by atoms with van der Waals surface area (Å²) >= 11 is 5.85. The van der Waals surface area contributed by atoms with E-state index in [0.29, 0.717) is 5.02 Å². The van der Waals surface area contributed by atoms with E-state index in [-0.39, 0.29) is 21.8 Å². The lowest BCUT2D eigenvalue weighted by Crippen LogP contribution is -2.41. The lowest BCUT2D eigenvalue weighted by atomic mass is 10.2. The number of hydrogen-bond donors (Lipinski definition) is 3. The van der Waals surface area contributed by atoms with Crippen molar-refractivity contribution in [2.75, 3.05) is 7.11 Å². The number of amides is 2. The van der Waals surface area contributed by atoms with Gasteiger partial charge in [0.25, 0.3) is 11.8 Å². The van der Waals surface area contributed by atoms with Gasteiger partial charge in [-0.25, -0.2) is 13.6 Å². The van der Waals surface area contributed by atoms with Crippen molar-refractivity contribution in [2.24, 2.45) is 5.14 Å². The molecule has 2 rings (SSSR count). The molecule has 0 bridgehead atoms. The first-order valence-corrected chi connectivity index (χ1v) is 8.72. The van der Waals surface area contributed by atoms with Crippen molar-refractivity contribution in [3.05, 3.63) is 58.6 Å². The average Bonchev–Trinajstić information content (AvgIpc) is 2.58. The second kappa shape index (κ2) is 7.51. The van der Waals surface area contributed by atoms with Gasteiger partial charge in [-0.3, -0.25) is 20.4 Å². The van der Waals surface area contributed by atoms with E-state index in [9.17, 15) is 18.0 Å². The molecule has 2 amide bonds. The standard InChI is InChI=1S/C15H14ClN3O5S/c1-24-13-7-4-10(16)8-12(13)15(21)19-18-14(20)9-2-5-11(6-3-9)25(17,22)23/h2-8H,1H3,(H,18,20)(H,19,21)(H2,17,22,23). The highest BCUT2D eigenvalue weighted by molar-refractivity contribution is 7.89. The van der Waals surface area contributed by atoms with E-state index >= 15 is 0 Å². The predicted molar refractivity (Wildman–Crippen MR) is 90.8 cm³/mol. The number of carbonyl (C=O) groups is 2. The molecule has 0 spiro atoms. The van der Waals surface area contributed by atoms with Crippen molar-refractivity contribution < 1.29 is 22.7 Å². The summed E-state index contributed by atoms with van der Waals surface area (Å²) in [6.07, 6.45) is 0. The number of ether oxygens (including phenoxy) is 1. The third kappa shape index (κ3) is 4.69. The first-order chi connectivity index (χ1) is 11.7. The Morgan fingerprint density at radius 2 is 1.64 bits per heavy atom. The highest BCUT2D eigenvalue weighted by Gasteiger charge is 2.15.